The van der Waals surface area contributed by atoms with E-state index in [0.717, 1.165) is 23.1 Å². The highest BCUT2D eigenvalue weighted by atomic mass is 32.2. The minimum Gasteiger partial charge on any atom is -0.493 e. The Balaban J connectivity index is 1.64. The first-order valence-electron chi connectivity index (χ1n) is 10.6. The number of amides is 1. The van der Waals surface area contributed by atoms with Gasteiger partial charge in [0.2, 0.25) is 0 Å². The minimum atomic E-state index is -0.0727. The summed E-state index contributed by atoms with van der Waals surface area (Å²) in [6.07, 6.45) is 4.60. The van der Waals surface area contributed by atoms with Gasteiger partial charge in [-0.05, 0) is 36.8 Å². The predicted octanol–water partition coefficient (Wildman–Crippen LogP) is 5.91. The van der Waals surface area contributed by atoms with Crippen LogP contribution in [0.5, 0.6) is 5.75 Å². The van der Waals surface area contributed by atoms with Crippen molar-refractivity contribution in [1.82, 2.24) is 14.7 Å². The van der Waals surface area contributed by atoms with Crippen LogP contribution in [0.2, 0.25) is 0 Å². The van der Waals surface area contributed by atoms with E-state index in [1.807, 2.05) is 73.8 Å². The first-order valence-corrected chi connectivity index (χ1v) is 11.8. The molecule has 0 N–H and O–H groups in total. The van der Waals surface area contributed by atoms with Crippen LogP contribution in [-0.2, 0) is 4.79 Å². The number of fused-ring (bicyclic) bond motifs is 1. The number of ether oxygens (including phenoxy) is 1. The number of rotatable bonds is 6. The Hall–Kier alpha value is -3.36. The summed E-state index contributed by atoms with van der Waals surface area (Å²) in [6.45, 7) is 2.64. The molecule has 1 amide bonds. The summed E-state index contributed by atoms with van der Waals surface area (Å²) in [5.74, 6) is 1.18. The largest absolute Gasteiger partial charge is 0.493 e. The second-order valence-corrected chi connectivity index (χ2v) is 9.21. The first kappa shape index (κ1) is 21.5. The first-order chi connectivity index (χ1) is 16.1. The van der Waals surface area contributed by atoms with Crippen LogP contribution in [0.1, 0.15) is 18.9 Å². The number of thioether (sulfide) groups is 1. The van der Waals surface area contributed by atoms with E-state index in [-0.39, 0.29) is 5.91 Å². The van der Waals surface area contributed by atoms with Crippen molar-refractivity contribution < 1.29 is 13.9 Å². The Morgan fingerprint density at radius 2 is 2.00 bits per heavy atom. The molecule has 8 heteroatoms. The zero-order chi connectivity index (χ0) is 22.9. The number of carbonyl (C=O) groups excluding carboxylic acids is 1. The second-order valence-electron chi connectivity index (χ2n) is 7.54. The topological polar surface area (TPSA) is 60.5 Å². The number of nitrogens with zero attached hydrogens (tertiary/aromatic N) is 3. The highest BCUT2D eigenvalue weighted by molar-refractivity contribution is 8.26. The molecule has 166 valence electrons. The number of thiocarbonyl (C=S) groups is 1. The van der Waals surface area contributed by atoms with Gasteiger partial charge < -0.3 is 9.15 Å². The van der Waals surface area contributed by atoms with Gasteiger partial charge in [-0.15, -0.1) is 0 Å². The smallest absolute Gasteiger partial charge is 0.266 e. The molecule has 0 radical (unpaired) electrons. The van der Waals surface area contributed by atoms with Gasteiger partial charge in [0.1, 0.15) is 10.0 Å². The average molecular weight is 476 g/mol. The quantitative estimate of drug-likeness (QED) is 0.255. The van der Waals surface area contributed by atoms with Crippen molar-refractivity contribution in [3.63, 3.8) is 0 Å². The molecule has 6 nitrogen and oxygen atoms in total. The molecule has 0 atom stereocenters. The maximum Gasteiger partial charge on any atom is 0.266 e. The highest BCUT2D eigenvalue weighted by Gasteiger charge is 2.32. The van der Waals surface area contributed by atoms with Crippen molar-refractivity contribution in [2.45, 2.75) is 13.3 Å². The molecule has 2 aromatic carbocycles. The van der Waals surface area contributed by atoms with Crippen LogP contribution in [0.15, 0.2) is 70.1 Å². The molecule has 0 unspecified atom stereocenters. The molecule has 1 fully saturated rings. The van der Waals surface area contributed by atoms with Crippen molar-refractivity contribution in [2.24, 2.45) is 0 Å². The van der Waals surface area contributed by atoms with Crippen LogP contribution >= 0.6 is 24.0 Å². The van der Waals surface area contributed by atoms with E-state index in [1.165, 1.54) is 11.8 Å². The van der Waals surface area contributed by atoms with Crippen LogP contribution in [0, 0.1) is 0 Å². The lowest BCUT2D eigenvalue weighted by Crippen LogP contribution is -2.28. The average Bonchev–Trinajstić information content (AvgIpc) is 3.52. The van der Waals surface area contributed by atoms with Crippen LogP contribution in [0.25, 0.3) is 34.2 Å². The van der Waals surface area contributed by atoms with Gasteiger partial charge in [0.25, 0.3) is 5.91 Å². The van der Waals surface area contributed by atoms with Crippen molar-refractivity contribution in [3.05, 3.63) is 71.3 Å². The van der Waals surface area contributed by atoms with Gasteiger partial charge in [-0.2, -0.15) is 5.10 Å². The fraction of sp³-hybridized carbons (Fsp3) is 0.160. The highest BCUT2D eigenvalue weighted by Crippen LogP contribution is 2.37. The Morgan fingerprint density at radius 1 is 1.18 bits per heavy atom. The predicted molar refractivity (Wildman–Crippen MR) is 135 cm³/mol. The molecule has 4 aromatic rings. The minimum absolute atomic E-state index is 0.0727. The lowest BCUT2D eigenvalue weighted by molar-refractivity contribution is -0.122. The Morgan fingerprint density at radius 3 is 2.76 bits per heavy atom. The van der Waals surface area contributed by atoms with Crippen molar-refractivity contribution in [3.8, 4) is 22.9 Å². The normalized spacial score (nSPS) is 15.2. The number of carbonyl (C=O) groups is 1. The number of hydrogen-bond acceptors (Lipinski definition) is 6. The molecule has 0 aliphatic carbocycles. The van der Waals surface area contributed by atoms with Gasteiger partial charge in [0, 0.05) is 23.7 Å². The standard InChI is InChI=1S/C25H21N3O3S2/c1-3-12-27-24(29)21(33-25(27)32)14-17-15-28(18-9-5-4-6-10-18)26-22(17)20-13-16-8-7-11-19(30-2)23(16)31-20/h4-11,13-15H,3,12H2,1-2H3/b21-14-. The molecule has 0 spiro atoms. The van der Waals surface area contributed by atoms with E-state index < -0.39 is 0 Å². The van der Waals surface area contributed by atoms with Crippen molar-refractivity contribution >= 4 is 51.3 Å². The summed E-state index contributed by atoms with van der Waals surface area (Å²) in [4.78, 5) is 15.2. The van der Waals surface area contributed by atoms with Crippen LogP contribution in [0.4, 0.5) is 0 Å². The Kier molecular flexibility index (Phi) is 5.78. The summed E-state index contributed by atoms with van der Waals surface area (Å²) in [6, 6.07) is 17.5. The third kappa shape index (κ3) is 3.96. The van der Waals surface area contributed by atoms with Gasteiger partial charge >= 0.3 is 0 Å². The van der Waals surface area contributed by atoms with Gasteiger partial charge in [0.15, 0.2) is 17.1 Å². The monoisotopic (exact) mass is 475 g/mol. The summed E-state index contributed by atoms with van der Waals surface area (Å²) in [5.41, 5.74) is 2.97. The maximum absolute atomic E-state index is 12.9. The number of methoxy groups -OCH3 is 1. The summed E-state index contributed by atoms with van der Waals surface area (Å²) < 4.78 is 14.0. The number of aromatic nitrogens is 2. The SMILES string of the molecule is CCCN1C(=O)/C(=C/c2cn(-c3ccccc3)nc2-c2cc3cccc(OC)c3o2)SC1=S. The molecule has 1 aliphatic heterocycles. The zero-order valence-electron chi connectivity index (χ0n) is 18.1. The molecule has 1 saturated heterocycles. The molecule has 2 aromatic heterocycles. The Bertz CT molecular complexity index is 1390. The lowest BCUT2D eigenvalue weighted by atomic mass is 10.1. The number of furan rings is 1. The molecule has 0 saturated carbocycles. The second kappa shape index (κ2) is 8.88. The third-order valence-corrected chi connectivity index (χ3v) is 6.71. The summed E-state index contributed by atoms with van der Waals surface area (Å²) in [5, 5.41) is 5.73. The van der Waals surface area contributed by atoms with E-state index in [2.05, 4.69) is 0 Å². The maximum atomic E-state index is 12.9. The van der Waals surface area contributed by atoms with Crippen molar-refractivity contribution in [2.75, 3.05) is 13.7 Å². The summed E-state index contributed by atoms with van der Waals surface area (Å²) >= 11 is 6.75. The van der Waals surface area contributed by atoms with Gasteiger partial charge in [-0.25, -0.2) is 4.68 Å². The van der Waals surface area contributed by atoms with E-state index in [1.54, 1.807) is 16.7 Å². The molecule has 1 aliphatic rings. The van der Waals surface area contributed by atoms with Crippen LogP contribution in [0.3, 0.4) is 0 Å². The van der Waals surface area contributed by atoms with Crippen LogP contribution < -0.4 is 4.74 Å². The van der Waals surface area contributed by atoms with E-state index in [4.69, 9.17) is 26.5 Å². The van der Waals surface area contributed by atoms with Gasteiger partial charge in [-0.1, -0.05) is 61.2 Å². The summed E-state index contributed by atoms with van der Waals surface area (Å²) in [7, 11) is 1.62. The molecular weight excluding hydrogens is 454 g/mol. The fourth-order valence-corrected chi connectivity index (χ4v) is 5.07. The van der Waals surface area contributed by atoms with E-state index in [9.17, 15) is 4.79 Å². The molecule has 3 heterocycles. The molecule has 5 rings (SSSR count). The molecule has 0 bridgehead atoms. The van der Waals surface area contributed by atoms with Crippen LogP contribution in [-0.4, -0.2) is 38.6 Å². The number of hydrogen-bond donors (Lipinski definition) is 0. The molecular formula is C25H21N3O3S2. The van der Waals surface area contributed by atoms with Crippen molar-refractivity contribution in [1.29, 1.82) is 0 Å². The van der Waals surface area contributed by atoms with E-state index >= 15 is 0 Å². The fourth-order valence-electron chi connectivity index (χ4n) is 3.77. The number of para-hydroxylation sites is 2. The Labute approximate surface area is 200 Å². The lowest BCUT2D eigenvalue weighted by Gasteiger charge is -2.11. The number of benzene rings is 2. The molecule has 33 heavy (non-hydrogen) atoms. The zero-order valence-corrected chi connectivity index (χ0v) is 19.8. The third-order valence-electron chi connectivity index (χ3n) is 5.33. The van der Waals surface area contributed by atoms with Gasteiger partial charge in [-0.3, -0.25) is 9.69 Å². The van der Waals surface area contributed by atoms with E-state index in [0.29, 0.717) is 38.6 Å². The van der Waals surface area contributed by atoms with Gasteiger partial charge in [0.05, 0.1) is 17.7 Å².